The molecular weight excluding hydrogens is 895 g/mol. The normalized spacial score (nSPS) is 11.9. The molecule has 2 aromatic carbocycles. The highest BCUT2D eigenvalue weighted by Gasteiger charge is 2.29. The van der Waals surface area contributed by atoms with E-state index in [1.54, 1.807) is 48.9 Å². The second-order valence-electron chi connectivity index (χ2n) is 15.0. The summed E-state index contributed by atoms with van der Waals surface area (Å²) < 4.78 is 44.7. The van der Waals surface area contributed by atoms with Crippen LogP contribution >= 0.6 is 0 Å². The largest absolute Gasteiger partial charge is 0.514 e. The number of nitro benzene ring substituents is 1. The van der Waals surface area contributed by atoms with Crippen LogP contribution in [-0.4, -0.2) is 156 Å². The summed E-state index contributed by atoms with van der Waals surface area (Å²) in [4.78, 5) is 78.1. The lowest BCUT2D eigenvalue weighted by atomic mass is 10.0. The summed E-state index contributed by atoms with van der Waals surface area (Å²) >= 11 is 0. The highest BCUT2D eigenvalue weighted by atomic mass is 16.7. The number of non-ortho nitro benzene ring substituents is 1. The van der Waals surface area contributed by atoms with Gasteiger partial charge in [0.25, 0.3) is 5.69 Å². The number of urea groups is 1. The number of aromatic nitrogens is 2. The number of nitro groups is 1. The first kappa shape index (κ1) is 56.0. The van der Waals surface area contributed by atoms with E-state index in [0.717, 1.165) is 6.54 Å². The molecule has 0 aliphatic rings. The van der Waals surface area contributed by atoms with Crippen LogP contribution in [-0.2, 0) is 54.1 Å². The van der Waals surface area contributed by atoms with Gasteiger partial charge in [-0.25, -0.2) is 14.6 Å². The highest BCUT2D eigenvalue weighted by Crippen LogP contribution is 2.19. The monoisotopic (exact) mass is 959 g/mol. The number of nitrogens with two attached hydrogens (primary N) is 1. The van der Waals surface area contributed by atoms with Crippen molar-refractivity contribution in [3.05, 3.63) is 76.9 Å². The van der Waals surface area contributed by atoms with E-state index >= 15 is 0 Å². The molecule has 0 aliphatic heterocycles. The Balaban J connectivity index is 1.39. The number of carbonyl (C=O) groups excluding carboxylic acids is 5. The molecule has 5 amide bonds. The molecular formula is C44H65N9O15. The van der Waals surface area contributed by atoms with Gasteiger partial charge in [0.2, 0.25) is 17.7 Å². The van der Waals surface area contributed by atoms with Crippen LogP contribution in [0, 0.1) is 16.0 Å². The minimum atomic E-state index is -1.06. The zero-order valence-corrected chi connectivity index (χ0v) is 38.8. The maximum Gasteiger partial charge on any atom is 0.514 e. The van der Waals surface area contributed by atoms with Crippen molar-refractivity contribution < 1.29 is 66.8 Å². The van der Waals surface area contributed by atoms with Crippen LogP contribution in [0.25, 0.3) is 5.69 Å². The van der Waals surface area contributed by atoms with Crippen molar-refractivity contribution >= 4 is 41.3 Å². The molecule has 24 nitrogen and oxygen atoms in total. The van der Waals surface area contributed by atoms with Gasteiger partial charge < -0.3 is 74.8 Å². The molecule has 7 N–H and O–H groups in total. The zero-order chi connectivity index (χ0) is 49.4. The van der Waals surface area contributed by atoms with E-state index in [9.17, 15) is 34.1 Å². The Bertz CT molecular complexity index is 1950. The number of nitrogens with zero attached hydrogens (tertiary/aromatic N) is 3. The van der Waals surface area contributed by atoms with Gasteiger partial charge in [-0.1, -0.05) is 13.8 Å². The maximum atomic E-state index is 13.6. The van der Waals surface area contributed by atoms with Crippen molar-refractivity contribution in [3.8, 4) is 11.4 Å². The average Bonchev–Trinajstić information content (AvgIpc) is 3.79. The van der Waals surface area contributed by atoms with Crippen LogP contribution in [0.5, 0.6) is 5.75 Å². The van der Waals surface area contributed by atoms with Crippen molar-refractivity contribution in [3.63, 3.8) is 0 Å². The lowest BCUT2D eigenvalue weighted by molar-refractivity contribution is -0.384. The minimum Gasteiger partial charge on any atom is -0.426 e. The molecule has 68 heavy (non-hydrogen) atoms. The number of primary amides is 1. The Morgan fingerprint density at radius 3 is 1.87 bits per heavy atom. The SMILES string of the molecule is CNCCOCCOCCOCCOCCOCCOCCC(=O)NC(C(=O)N[C@@H](CCCNC(N)=O)C(=O)Nc1ccc(-n2ccnc2COC(=O)Oc2ccc([N+](=O)[O-])cc2)cc1)C(C)C. The molecule has 24 heteroatoms. The van der Waals surface area contributed by atoms with Gasteiger partial charge in [0, 0.05) is 55.4 Å². The maximum absolute atomic E-state index is 13.6. The van der Waals surface area contributed by atoms with Gasteiger partial charge in [-0.05, 0) is 62.2 Å². The molecule has 1 aromatic heterocycles. The number of ether oxygens (including phenoxy) is 8. The Morgan fingerprint density at radius 1 is 0.750 bits per heavy atom. The van der Waals surface area contributed by atoms with Crippen LogP contribution < -0.4 is 37.1 Å². The summed E-state index contributed by atoms with van der Waals surface area (Å²) in [5, 5.41) is 24.6. The van der Waals surface area contributed by atoms with Crippen molar-refractivity contribution in [1.29, 1.82) is 0 Å². The van der Waals surface area contributed by atoms with Gasteiger partial charge in [0.15, 0.2) is 12.4 Å². The van der Waals surface area contributed by atoms with Crippen LogP contribution in [0.2, 0.25) is 0 Å². The lowest BCUT2D eigenvalue weighted by Gasteiger charge is -2.25. The predicted octanol–water partition coefficient (Wildman–Crippen LogP) is 2.22. The molecule has 0 spiro atoms. The van der Waals surface area contributed by atoms with E-state index in [4.69, 9.17) is 43.6 Å². The van der Waals surface area contributed by atoms with Crippen molar-refractivity contribution in [2.24, 2.45) is 11.7 Å². The summed E-state index contributed by atoms with van der Waals surface area (Å²) in [7, 11) is 1.87. The molecule has 3 aromatic rings. The average molecular weight is 960 g/mol. The fourth-order valence-electron chi connectivity index (χ4n) is 5.87. The number of carbonyl (C=O) groups is 5. The van der Waals surface area contributed by atoms with Crippen molar-refractivity contribution in [2.45, 2.75) is 51.8 Å². The Labute approximate surface area is 394 Å². The molecule has 0 saturated carbocycles. The number of amides is 5. The van der Waals surface area contributed by atoms with Crippen LogP contribution in [0.1, 0.15) is 38.9 Å². The highest BCUT2D eigenvalue weighted by molar-refractivity contribution is 5.98. The third-order valence-electron chi connectivity index (χ3n) is 9.40. The summed E-state index contributed by atoms with van der Waals surface area (Å²) in [5.41, 5.74) is 6.03. The van der Waals surface area contributed by atoms with Gasteiger partial charge >= 0.3 is 12.2 Å². The fourth-order valence-corrected chi connectivity index (χ4v) is 5.87. The Morgan fingerprint density at radius 2 is 1.32 bits per heavy atom. The zero-order valence-electron chi connectivity index (χ0n) is 38.8. The van der Waals surface area contributed by atoms with E-state index in [-0.39, 0.29) is 56.6 Å². The van der Waals surface area contributed by atoms with Crippen LogP contribution in [0.15, 0.2) is 60.9 Å². The first-order chi connectivity index (χ1) is 32.9. The van der Waals surface area contributed by atoms with Gasteiger partial charge in [0.1, 0.15) is 17.8 Å². The predicted molar refractivity (Wildman–Crippen MR) is 245 cm³/mol. The van der Waals surface area contributed by atoms with Gasteiger partial charge in [0.05, 0.1) is 84.2 Å². The molecule has 1 heterocycles. The first-order valence-corrected chi connectivity index (χ1v) is 22.1. The Hall–Kier alpha value is -6.28. The van der Waals surface area contributed by atoms with Crippen molar-refractivity contribution in [1.82, 2.24) is 30.8 Å². The van der Waals surface area contributed by atoms with Crippen LogP contribution in [0.3, 0.4) is 0 Å². The smallest absolute Gasteiger partial charge is 0.426 e. The molecule has 376 valence electrons. The summed E-state index contributed by atoms with van der Waals surface area (Å²) in [5.74, 6) is -1.49. The van der Waals surface area contributed by atoms with E-state index in [1.165, 1.54) is 30.5 Å². The number of hydrogen-bond donors (Lipinski definition) is 6. The third kappa shape index (κ3) is 23.4. The minimum absolute atomic E-state index is 0.0157. The van der Waals surface area contributed by atoms with E-state index in [1.807, 2.05) is 7.05 Å². The second kappa shape index (κ2) is 33.2. The van der Waals surface area contributed by atoms with Gasteiger partial charge in [-0.2, -0.15) is 0 Å². The molecule has 0 radical (unpaired) electrons. The van der Waals surface area contributed by atoms with E-state index in [2.05, 4.69) is 31.6 Å². The molecule has 0 saturated heterocycles. The Kier molecular flexibility index (Phi) is 27.4. The van der Waals surface area contributed by atoms with Gasteiger partial charge in [-0.15, -0.1) is 0 Å². The summed E-state index contributed by atoms with van der Waals surface area (Å²) in [6.07, 6.45) is 2.49. The fraction of sp³-hybridized carbons (Fsp3) is 0.545. The molecule has 2 atom stereocenters. The number of rotatable bonds is 36. The summed E-state index contributed by atoms with van der Waals surface area (Å²) in [6, 6.07) is 8.76. The van der Waals surface area contributed by atoms with Crippen molar-refractivity contribution in [2.75, 3.05) is 105 Å². The number of benzene rings is 2. The summed E-state index contributed by atoms with van der Waals surface area (Å²) in [6.45, 7) is 9.11. The number of imidazole rings is 1. The topological polar surface area (TPSA) is 306 Å². The number of hydrogen-bond acceptors (Lipinski definition) is 17. The number of likely N-dealkylation sites (N-methyl/N-ethyl adjacent to an activating group) is 1. The van der Waals surface area contributed by atoms with Gasteiger partial charge in [-0.3, -0.25) is 24.5 Å². The third-order valence-corrected chi connectivity index (χ3v) is 9.40. The van der Waals surface area contributed by atoms with E-state index in [0.29, 0.717) is 89.7 Å². The molecule has 1 unspecified atom stereocenters. The molecule has 0 fully saturated rings. The van der Waals surface area contributed by atoms with Crippen LogP contribution in [0.4, 0.5) is 21.0 Å². The molecule has 0 aliphatic carbocycles. The molecule has 0 bridgehead atoms. The standard InChI is InChI=1S/C44H65N9O15/c1-32(2)40(51-39(54)14-19-61-21-23-63-25-27-65-29-30-66-28-26-64-24-22-62-20-17-46-3)42(56)50-37(5-4-15-48-43(45)57)41(55)49-33-6-8-34(9-7-33)52-18-16-47-38(52)31-67-44(58)68-36-12-10-35(11-13-36)53(59)60/h6-13,16,18,32,37,40,46H,4-5,14-15,17,19-31H2,1-3H3,(H,49,55)(H,50,56)(H,51,54)(H3,45,48,57)/t37-,40?/m0/s1. The molecule has 3 rings (SSSR count). The van der Waals surface area contributed by atoms with E-state index < -0.39 is 46.9 Å². The number of anilines is 1. The first-order valence-electron chi connectivity index (χ1n) is 22.1. The number of nitrogens with one attached hydrogen (secondary N) is 5. The second-order valence-corrected chi connectivity index (χ2v) is 15.0. The quantitative estimate of drug-likeness (QED) is 0.0160. The lowest BCUT2D eigenvalue weighted by Crippen LogP contribution is -2.54.